The zero-order valence-corrected chi connectivity index (χ0v) is 11.1. The van der Waals surface area contributed by atoms with Gasteiger partial charge in [0.05, 0.1) is 6.10 Å². The molecule has 0 amide bonds. The summed E-state index contributed by atoms with van der Waals surface area (Å²) in [6.07, 6.45) is 2.73. The molecule has 2 atom stereocenters. The first-order chi connectivity index (χ1) is 8.15. The highest BCUT2D eigenvalue weighted by Crippen LogP contribution is 2.28. The van der Waals surface area contributed by atoms with Crippen LogP contribution >= 0.6 is 0 Å². The van der Waals surface area contributed by atoms with Crippen LogP contribution < -0.4 is 10.1 Å². The van der Waals surface area contributed by atoms with Gasteiger partial charge in [-0.15, -0.1) is 0 Å². The number of benzene rings is 1. The maximum atomic E-state index is 5.67. The molecule has 1 saturated heterocycles. The molecule has 0 radical (unpaired) electrons. The van der Waals surface area contributed by atoms with Gasteiger partial charge in [-0.05, 0) is 63.8 Å². The van der Waals surface area contributed by atoms with Crippen LogP contribution in [0.15, 0.2) is 24.3 Å². The minimum Gasteiger partial charge on any atom is -0.491 e. The molecule has 17 heavy (non-hydrogen) atoms. The van der Waals surface area contributed by atoms with Crippen molar-refractivity contribution in [1.82, 2.24) is 5.32 Å². The second-order valence-corrected chi connectivity index (χ2v) is 5.31. The molecule has 1 aliphatic heterocycles. The lowest BCUT2D eigenvalue weighted by atomic mass is 9.87. The highest BCUT2D eigenvalue weighted by atomic mass is 16.5. The monoisotopic (exact) mass is 233 g/mol. The summed E-state index contributed by atoms with van der Waals surface area (Å²) in [5, 5.41) is 3.49. The van der Waals surface area contributed by atoms with Gasteiger partial charge in [0.1, 0.15) is 5.75 Å². The molecule has 1 aromatic rings. The minimum absolute atomic E-state index is 0.250. The average molecular weight is 233 g/mol. The fourth-order valence-corrected chi connectivity index (χ4v) is 2.53. The highest BCUT2D eigenvalue weighted by molar-refractivity contribution is 5.30. The first-order valence-corrected chi connectivity index (χ1v) is 6.65. The van der Waals surface area contributed by atoms with Gasteiger partial charge >= 0.3 is 0 Å². The Kier molecular flexibility index (Phi) is 4.06. The lowest BCUT2D eigenvalue weighted by Gasteiger charge is -2.28. The molecule has 1 heterocycles. The van der Waals surface area contributed by atoms with Gasteiger partial charge in [-0.3, -0.25) is 0 Å². The maximum absolute atomic E-state index is 5.67. The molecule has 2 unspecified atom stereocenters. The Morgan fingerprint density at radius 2 is 1.94 bits per heavy atom. The Morgan fingerprint density at radius 1 is 1.24 bits per heavy atom. The largest absolute Gasteiger partial charge is 0.491 e. The van der Waals surface area contributed by atoms with E-state index < -0.39 is 0 Å². The summed E-state index contributed by atoms with van der Waals surface area (Å²) in [7, 11) is 0. The summed E-state index contributed by atoms with van der Waals surface area (Å²) in [4.78, 5) is 0. The van der Waals surface area contributed by atoms with E-state index in [4.69, 9.17) is 4.74 Å². The minimum atomic E-state index is 0.250. The quantitative estimate of drug-likeness (QED) is 0.864. The van der Waals surface area contributed by atoms with Gasteiger partial charge in [0.15, 0.2) is 0 Å². The Bertz CT molecular complexity index is 344. The number of piperidine rings is 1. The van der Waals surface area contributed by atoms with Crippen molar-refractivity contribution in [3.63, 3.8) is 0 Å². The van der Waals surface area contributed by atoms with Gasteiger partial charge < -0.3 is 10.1 Å². The highest BCUT2D eigenvalue weighted by Gasteiger charge is 2.19. The predicted octanol–water partition coefficient (Wildman–Crippen LogP) is 3.33. The molecule has 0 saturated carbocycles. The van der Waals surface area contributed by atoms with Crippen LogP contribution in [-0.4, -0.2) is 18.7 Å². The van der Waals surface area contributed by atoms with Crippen LogP contribution in [-0.2, 0) is 0 Å². The third-order valence-corrected chi connectivity index (χ3v) is 3.35. The maximum Gasteiger partial charge on any atom is 0.119 e. The van der Waals surface area contributed by atoms with Crippen LogP contribution in [0.1, 0.15) is 45.1 Å². The van der Waals surface area contributed by atoms with Crippen LogP contribution in [0, 0.1) is 0 Å². The van der Waals surface area contributed by atoms with E-state index in [0.717, 1.165) is 12.3 Å². The van der Waals surface area contributed by atoms with Crippen LogP contribution in [0.5, 0.6) is 5.75 Å². The number of nitrogens with one attached hydrogen (secondary N) is 1. The van der Waals surface area contributed by atoms with E-state index in [2.05, 4.69) is 50.4 Å². The first-order valence-electron chi connectivity index (χ1n) is 6.65. The fraction of sp³-hybridized carbons (Fsp3) is 0.600. The van der Waals surface area contributed by atoms with E-state index in [1.54, 1.807) is 0 Å². The Morgan fingerprint density at radius 3 is 2.53 bits per heavy atom. The molecule has 2 nitrogen and oxygen atoms in total. The molecule has 2 rings (SSSR count). The third kappa shape index (κ3) is 3.47. The lowest BCUT2D eigenvalue weighted by Crippen LogP contribution is -2.34. The second kappa shape index (κ2) is 5.54. The van der Waals surface area contributed by atoms with E-state index in [1.165, 1.54) is 18.4 Å². The van der Waals surface area contributed by atoms with Gasteiger partial charge in [0.2, 0.25) is 0 Å². The number of rotatable bonds is 3. The number of ether oxygens (including phenoxy) is 1. The van der Waals surface area contributed by atoms with E-state index in [9.17, 15) is 0 Å². The lowest BCUT2D eigenvalue weighted by molar-refractivity contribution is 0.242. The first kappa shape index (κ1) is 12.4. The third-order valence-electron chi connectivity index (χ3n) is 3.35. The SMILES string of the molecule is CC1CC(c2ccc(OC(C)C)cc2)CCN1. The van der Waals surface area contributed by atoms with Crippen molar-refractivity contribution in [2.75, 3.05) is 6.54 Å². The predicted molar refractivity (Wildman–Crippen MR) is 71.6 cm³/mol. The molecule has 0 aliphatic carbocycles. The molecule has 0 bridgehead atoms. The van der Waals surface area contributed by atoms with E-state index >= 15 is 0 Å². The van der Waals surface area contributed by atoms with Crippen molar-refractivity contribution >= 4 is 0 Å². The molecular formula is C15H23NO. The summed E-state index contributed by atoms with van der Waals surface area (Å²) in [5.41, 5.74) is 1.45. The van der Waals surface area contributed by atoms with Crippen molar-refractivity contribution < 1.29 is 4.74 Å². The number of hydrogen-bond donors (Lipinski definition) is 1. The normalized spacial score (nSPS) is 24.9. The molecule has 1 aromatic carbocycles. The van der Waals surface area contributed by atoms with Gasteiger partial charge in [0.25, 0.3) is 0 Å². The second-order valence-electron chi connectivity index (χ2n) is 5.31. The summed E-state index contributed by atoms with van der Waals surface area (Å²) in [6.45, 7) is 7.52. The van der Waals surface area contributed by atoms with Gasteiger partial charge in [-0.1, -0.05) is 12.1 Å². The smallest absolute Gasteiger partial charge is 0.119 e. The molecule has 94 valence electrons. The van der Waals surface area contributed by atoms with Gasteiger partial charge in [-0.2, -0.15) is 0 Å². The zero-order chi connectivity index (χ0) is 12.3. The average Bonchev–Trinajstić information content (AvgIpc) is 2.29. The molecule has 2 heteroatoms. The summed E-state index contributed by atoms with van der Waals surface area (Å²) >= 11 is 0. The van der Waals surface area contributed by atoms with Crippen molar-refractivity contribution in [1.29, 1.82) is 0 Å². The van der Waals surface area contributed by atoms with Gasteiger partial charge in [0, 0.05) is 6.04 Å². The molecule has 0 spiro atoms. The Balaban J connectivity index is 2.01. The van der Waals surface area contributed by atoms with Crippen LogP contribution in [0.25, 0.3) is 0 Å². The van der Waals surface area contributed by atoms with Crippen LogP contribution in [0.3, 0.4) is 0 Å². The number of hydrogen-bond acceptors (Lipinski definition) is 2. The summed E-state index contributed by atoms with van der Waals surface area (Å²) in [5.74, 6) is 1.69. The topological polar surface area (TPSA) is 21.3 Å². The summed E-state index contributed by atoms with van der Waals surface area (Å²) < 4.78 is 5.67. The molecular weight excluding hydrogens is 210 g/mol. The fourth-order valence-electron chi connectivity index (χ4n) is 2.53. The summed E-state index contributed by atoms with van der Waals surface area (Å²) in [6, 6.07) is 9.28. The molecule has 1 fully saturated rings. The molecule has 0 aromatic heterocycles. The van der Waals surface area contributed by atoms with Crippen molar-refractivity contribution in [2.45, 2.75) is 51.7 Å². The molecule has 1 aliphatic rings. The van der Waals surface area contributed by atoms with Crippen LogP contribution in [0.4, 0.5) is 0 Å². The van der Waals surface area contributed by atoms with E-state index in [0.29, 0.717) is 12.0 Å². The van der Waals surface area contributed by atoms with Crippen molar-refractivity contribution in [3.05, 3.63) is 29.8 Å². The standard InChI is InChI=1S/C15H23NO/c1-11(2)17-15-6-4-13(5-7-15)14-8-9-16-12(3)10-14/h4-7,11-12,14,16H,8-10H2,1-3H3. The Hall–Kier alpha value is -1.02. The molecule has 1 N–H and O–H groups in total. The van der Waals surface area contributed by atoms with Crippen molar-refractivity contribution in [2.24, 2.45) is 0 Å². The zero-order valence-electron chi connectivity index (χ0n) is 11.1. The van der Waals surface area contributed by atoms with E-state index in [-0.39, 0.29) is 6.10 Å². The van der Waals surface area contributed by atoms with E-state index in [1.807, 2.05) is 0 Å². The van der Waals surface area contributed by atoms with Crippen molar-refractivity contribution in [3.8, 4) is 5.75 Å². The van der Waals surface area contributed by atoms with Gasteiger partial charge in [-0.25, -0.2) is 0 Å². The Labute approximate surface area is 104 Å². The van der Waals surface area contributed by atoms with Crippen LogP contribution in [0.2, 0.25) is 0 Å².